The van der Waals surface area contributed by atoms with Crippen molar-refractivity contribution < 1.29 is 14.3 Å². The Kier molecular flexibility index (Phi) is 5.87. The summed E-state index contributed by atoms with van der Waals surface area (Å²) in [5.41, 5.74) is 4.38. The zero-order valence-electron chi connectivity index (χ0n) is 17.5. The molecule has 1 amide bonds. The Morgan fingerprint density at radius 1 is 1.33 bits per heavy atom. The van der Waals surface area contributed by atoms with Gasteiger partial charge >= 0.3 is 5.97 Å². The fraction of sp³-hybridized carbons (Fsp3) is 0.409. The molecule has 0 aromatic carbocycles. The highest BCUT2D eigenvalue weighted by atomic mass is 32.1. The molecule has 3 aromatic rings. The third-order valence-corrected chi connectivity index (χ3v) is 6.53. The minimum atomic E-state index is -0.354. The van der Waals surface area contributed by atoms with E-state index in [0.29, 0.717) is 30.0 Å². The Morgan fingerprint density at radius 2 is 2.17 bits per heavy atom. The zero-order valence-corrected chi connectivity index (χ0v) is 18.3. The van der Waals surface area contributed by atoms with Crippen LogP contribution in [-0.4, -0.2) is 46.4 Å². The van der Waals surface area contributed by atoms with Gasteiger partial charge in [0.25, 0.3) is 0 Å². The summed E-state index contributed by atoms with van der Waals surface area (Å²) in [6, 6.07) is 5.86. The first-order chi connectivity index (χ1) is 14.5. The number of esters is 1. The summed E-state index contributed by atoms with van der Waals surface area (Å²) < 4.78 is 7.30. The van der Waals surface area contributed by atoms with Crippen LogP contribution in [0.15, 0.2) is 24.4 Å². The van der Waals surface area contributed by atoms with Gasteiger partial charge in [-0.3, -0.25) is 4.79 Å². The summed E-state index contributed by atoms with van der Waals surface area (Å²) >= 11 is 1.49. The van der Waals surface area contributed by atoms with Crippen molar-refractivity contribution in [3.63, 3.8) is 0 Å². The van der Waals surface area contributed by atoms with Crippen molar-refractivity contribution in [1.82, 2.24) is 14.3 Å². The van der Waals surface area contributed by atoms with Crippen LogP contribution < -0.4 is 5.32 Å². The van der Waals surface area contributed by atoms with E-state index in [9.17, 15) is 9.59 Å². The Labute approximate surface area is 179 Å². The summed E-state index contributed by atoms with van der Waals surface area (Å²) in [6.45, 7) is 5.73. The lowest BCUT2D eigenvalue weighted by Crippen LogP contribution is -2.26. The largest absolute Gasteiger partial charge is 0.462 e. The molecular weight excluding hydrogens is 400 g/mol. The van der Waals surface area contributed by atoms with Gasteiger partial charge < -0.3 is 19.4 Å². The van der Waals surface area contributed by atoms with E-state index in [-0.39, 0.29) is 11.9 Å². The number of nitrogens with zero attached hydrogens (tertiary/aromatic N) is 3. The maximum absolute atomic E-state index is 12.8. The van der Waals surface area contributed by atoms with E-state index in [2.05, 4.69) is 22.2 Å². The molecule has 0 aliphatic carbocycles. The molecule has 1 aliphatic heterocycles. The first-order valence-corrected chi connectivity index (χ1v) is 11.0. The Morgan fingerprint density at radius 3 is 2.97 bits per heavy atom. The van der Waals surface area contributed by atoms with E-state index in [1.807, 2.05) is 35.7 Å². The lowest BCUT2D eigenvalue weighted by Gasteiger charge is -2.22. The minimum Gasteiger partial charge on any atom is -0.462 e. The first-order valence-electron chi connectivity index (χ1n) is 10.2. The average molecular weight is 427 g/mol. The van der Waals surface area contributed by atoms with Gasteiger partial charge in [0.2, 0.25) is 5.91 Å². The molecule has 158 valence electrons. The highest BCUT2D eigenvalue weighted by molar-refractivity contribution is 7.17. The standard InChI is InChI=1S/C22H26N4O3S/c1-4-29-22(28)20-15-10-12-25(3)13-17(15)30-21(20)24-19(27)9-8-16-14(2)23-18-7-5-6-11-26(16)18/h5-7,11H,4,8-10,12-13H2,1-3H3,(H,24,27). The molecule has 4 rings (SSSR count). The number of hydrogen-bond acceptors (Lipinski definition) is 6. The van der Waals surface area contributed by atoms with Gasteiger partial charge in [0.05, 0.1) is 17.9 Å². The lowest BCUT2D eigenvalue weighted by atomic mass is 10.0. The van der Waals surface area contributed by atoms with Gasteiger partial charge in [0.15, 0.2) is 0 Å². The molecule has 0 saturated carbocycles. The SMILES string of the molecule is CCOC(=O)c1c(NC(=O)CCc2c(C)nc3ccccn23)sc2c1CCN(C)C2. The molecular formula is C22H26N4O3S. The fourth-order valence-corrected chi connectivity index (χ4v) is 5.26. The number of carbonyl (C=O) groups excluding carboxylic acids is 2. The van der Waals surface area contributed by atoms with Crippen LogP contribution in [0.5, 0.6) is 0 Å². The second-order valence-electron chi connectivity index (χ2n) is 7.54. The monoisotopic (exact) mass is 426 g/mol. The van der Waals surface area contributed by atoms with Gasteiger partial charge in [-0.25, -0.2) is 9.78 Å². The number of amides is 1. The lowest BCUT2D eigenvalue weighted by molar-refractivity contribution is -0.116. The summed E-state index contributed by atoms with van der Waals surface area (Å²) in [5.74, 6) is -0.467. The molecule has 7 nitrogen and oxygen atoms in total. The van der Waals surface area contributed by atoms with Crippen molar-refractivity contribution in [2.45, 2.75) is 39.7 Å². The maximum atomic E-state index is 12.8. The number of fused-ring (bicyclic) bond motifs is 2. The molecule has 3 aromatic heterocycles. The van der Waals surface area contributed by atoms with Crippen LogP contribution in [-0.2, 0) is 28.9 Å². The zero-order chi connectivity index (χ0) is 21.3. The van der Waals surface area contributed by atoms with Crippen molar-refractivity contribution in [3.8, 4) is 0 Å². The van der Waals surface area contributed by atoms with Gasteiger partial charge in [-0.15, -0.1) is 11.3 Å². The number of pyridine rings is 1. The van der Waals surface area contributed by atoms with Gasteiger partial charge in [-0.05, 0) is 51.4 Å². The number of thiophene rings is 1. The molecule has 0 spiro atoms. The molecule has 4 heterocycles. The molecule has 0 saturated heterocycles. The van der Waals surface area contributed by atoms with E-state index in [1.54, 1.807) is 6.92 Å². The normalized spacial score (nSPS) is 14.0. The third kappa shape index (κ3) is 3.97. The van der Waals surface area contributed by atoms with Crippen molar-refractivity contribution in [2.24, 2.45) is 0 Å². The van der Waals surface area contributed by atoms with E-state index in [0.717, 1.165) is 47.0 Å². The molecule has 0 radical (unpaired) electrons. The number of anilines is 1. The smallest absolute Gasteiger partial charge is 0.341 e. The van der Waals surface area contributed by atoms with Gasteiger partial charge in [0.1, 0.15) is 10.6 Å². The van der Waals surface area contributed by atoms with Crippen molar-refractivity contribution in [2.75, 3.05) is 25.5 Å². The van der Waals surface area contributed by atoms with Crippen LogP contribution >= 0.6 is 11.3 Å². The third-order valence-electron chi connectivity index (χ3n) is 5.40. The number of ether oxygens (including phenoxy) is 1. The highest BCUT2D eigenvalue weighted by Crippen LogP contribution is 2.37. The highest BCUT2D eigenvalue weighted by Gasteiger charge is 2.28. The summed E-state index contributed by atoms with van der Waals surface area (Å²) in [6.07, 6.45) is 3.64. The molecule has 0 unspecified atom stereocenters. The Hall–Kier alpha value is -2.71. The number of carbonyl (C=O) groups is 2. The van der Waals surface area contributed by atoms with E-state index in [1.165, 1.54) is 11.3 Å². The van der Waals surface area contributed by atoms with Crippen LogP contribution in [0.25, 0.3) is 5.65 Å². The number of aromatic nitrogens is 2. The fourth-order valence-electron chi connectivity index (χ4n) is 3.92. The summed E-state index contributed by atoms with van der Waals surface area (Å²) in [4.78, 5) is 33.3. The van der Waals surface area contributed by atoms with Crippen molar-refractivity contribution in [3.05, 3.63) is 51.8 Å². The number of nitrogens with one attached hydrogen (secondary N) is 1. The van der Waals surface area contributed by atoms with Crippen LogP contribution in [0.4, 0.5) is 5.00 Å². The summed E-state index contributed by atoms with van der Waals surface area (Å²) in [7, 11) is 2.06. The second kappa shape index (κ2) is 8.57. The second-order valence-corrected chi connectivity index (χ2v) is 8.64. The molecule has 1 N–H and O–H groups in total. The van der Waals surface area contributed by atoms with Crippen molar-refractivity contribution in [1.29, 1.82) is 0 Å². The van der Waals surface area contributed by atoms with Crippen LogP contribution in [0.3, 0.4) is 0 Å². The van der Waals surface area contributed by atoms with E-state index < -0.39 is 0 Å². The number of hydrogen-bond donors (Lipinski definition) is 1. The molecule has 1 aliphatic rings. The number of rotatable bonds is 6. The van der Waals surface area contributed by atoms with Crippen LogP contribution in [0.1, 0.15) is 45.5 Å². The van der Waals surface area contributed by atoms with Crippen molar-refractivity contribution >= 4 is 33.9 Å². The molecule has 8 heteroatoms. The summed E-state index contributed by atoms with van der Waals surface area (Å²) in [5, 5.41) is 3.59. The Balaban J connectivity index is 1.52. The quantitative estimate of drug-likeness (QED) is 0.611. The van der Waals surface area contributed by atoms with Crippen LogP contribution in [0.2, 0.25) is 0 Å². The van der Waals surface area contributed by atoms with E-state index in [4.69, 9.17) is 4.74 Å². The minimum absolute atomic E-state index is 0.113. The topological polar surface area (TPSA) is 75.9 Å². The first kappa shape index (κ1) is 20.6. The van der Waals surface area contributed by atoms with E-state index >= 15 is 0 Å². The van der Waals surface area contributed by atoms with Gasteiger partial charge in [0, 0.05) is 36.3 Å². The number of imidazole rings is 1. The molecule has 0 fully saturated rings. The maximum Gasteiger partial charge on any atom is 0.341 e. The Bertz CT molecular complexity index is 1100. The predicted molar refractivity (Wildman–Crippen MR) is 117 cm³/mol. The predicted octanol–water partition coefficient (Wildman–Crippen LogP) is 3.44. The van der Waals surface area contributed by atoms with Crippen LogP contribution in [0, 0.1) is 6.92 Å². The van der Waals surface area contributed by atoms with Gasteiger partial charge in [-0.1, -0.05) is 6.07 Å². The molecule has 0 atom stereocenters. The average Bonchev–Trinajstić information content (AvgIpc) is 3.22. The number of aryl methyl sites for hydroxylation is 2. The van der Waals surface area contributed by atoms with Gasteiger partial charge in [-0.2, -0.15) is 0 Å². The number of likely N-dealkylation sites (N-methyl/N-ethyl adjacent to an activating group) is 1. The molecule has 30 heavy (non-hydrogen) atoms. The molecule has 0 bridgehead atoms.